The van der Waals surface area contributed by atoms with E-state index in [0.717, 1.165) is 6.42 Å². The van der Waals surface area contributed by atoms with Gasteiger partial charge < -0.3 is 5.32 Å². The van der Waals surface area contributed by atoms with Crippen LogP contribution in [0.25, 0.3) is 0 Å². The van der Waals surface area contributed by atoms with Crippen LogP contribution >= 0.6 is 15.9 Å². The van der Waals surface area contributed by atoms with E-state index in [1.165, 1.54) is 12.1 Å². The van der Waals surface area contributed by atoms with Crippen LogP contribution in [0.15, 0.2) is 18.2 Å². The highest BCUT2D eigenvalue weighted by Crippen LogP contribution is 2.24. The van der Waals surface area contributed by atoms with E-state index in [2.05, 4.69) is 42.0 Å². The van der Waals surface area contributed by atoms with Crippen molar-refractivity contribution in [1.29, 1.82) is 0 Å². The first-order valence-electron chi connectivity index (χ1n) is 6.37. The lowest BCUT2D eigenvalue weighted by Crippen LogP contribution is -2.31. The largest absolute Gasteiger partial charge is 0.351 e. The molecule has 0 fully saturated rings. The third-order valence-corrected chi connectivity index (χ3v) is 3.39. The number of benzene rings is 1. The van der Waals surface area contributed by atoms with Gasteiger partial charge in [0.05, 0.1) is 0 Å². The molecule has 0 aliphatic heterocycles. The number of carbonyl (C=O) groups excluding carboxylic acids is 1. The summed E-state index contributed by atoms with van der Waals surface area (Å²) in [6.07, 6.45) is 0.968. The Morgan fingerprint density at radius 3 is 2.58 bits per heavy atom. The van der Waals surface area contributed by atoms with Crippen molar-refractivity contribution >= 4 is 21.8 Å². The smallest absolute Gasteiger partial charge is 0.251 e. The Morgan fingerprint density at radius 2 is 2.05 bits per heavy atom. The molecule has 1 aromatic rings. The van der Waals surface area contributed by atoms with E-state index >= 15 is 0 Å². The average molecular weight is 330 g/mol. The third kappa shape index (κ3) is 5.72. The zero-order chi connectivity index (χ0) is 14.6. The van der Waals surface area contributed by atoms with Crippen molar-refractivity contribution in [3.63, 3.8) is 0 Å². The number of aryl methyl sites for hydroxylation is 1. The van der Waals surface area contributed by atoms with Gasteiger partial charge in [0.25, 0.3) is 5.91 Å². The van der Waals surface area contributed by atoms with Gasteiger partial charge in [-0.3, -0.25) is 4.79 Å². The number of nitrogens with one attached hydrogen (secondary N) is 1. The summed E-state index contributed by atoms with van der Waals surface area (Å²) in [5, 5.41) is 2.86. The summed E-state index contributed by atoms with van der Waals surface area (Å²) in [5.74, 6) is -0.455. The molecule has 0 aromatic heterocycles. The molecule has 0 saturated carbocycles. The topological polar surface area (TPSA) is 29.1 Å². The van der Waals surface area contributed by atoms with Crippen LogP contribution in [0.2, 0.25) is 0 Å². The molecule has 0 spiro atoms. The van der Waals surface area contributed by atoms with E-state index < -0.39 is 0 Å². The maximum absolute atomic E-state index is 13.1. The van der Waals surface area contributed by atoms with Crippen molar-refractivity contribution in [1.82, 2.24) is 5.32 Å². The quantitative estimate of drug-likeness (QED) is 0.829. The van der Waals surface area contributed by atoms with Crippen LogP contribution in [-0.4, -0.2) is 17.3 Å². The standard InChI is InChI=1S/C15H21BrFNO/c1-10-7-11(5-6-13(10)17)14(19)18-9-12(16)8-15(2,3)4/h5-7,12H,8-9H2,1-4H3,(H,18,19). The van der Waals surface area contributed by atoms with Gasteiger partial charge in [-0.05, 0) is 42.5 Å². The van der Waals surface area contributed by atoms with Crippen LogP contribution in [0, 0.1) is 18.2 Å². The Bertz CT molecular complexity index is 454. The molecule has 0 saturated heterocycles. The summed E-state index contributed by atoms with van der Waals surface area (Å²) >= 11 is 3.57. The van der Waals surface area contributed by atoms with Crippen molar-refractivity contribution in [2.75, 3.05) is 6.54 Å². The number of alkyl halides is 1. The van der Waals surface area contributed by atoms with Gasteiger partial charge >= 0.3 is 0 Å². The molecule has 0 aliphatic rings. The van der Waals surface area contributed by atoms with E-state index in [1.54, 1.807) is 13.0 Å². The first-order chi connectivity index (χ1) is 8.69. The minimum absolute atomic E-state index is 0.165. The van der Waals surface area contributed by atoms with Gasteiger partial charge in [0.1, 0.15) is 5.82 Å². The van der Waals surface area contributed by atoms with Gasteiger partial charge in [0.2, 0.25) is 0 Å². The lowest BCUT2D eigenvalue weighted by Gasteiger charge is -2.22. The summed E-state index contributed by atoms with van der Waals surface area (Å²) < 4.78 is 13.1. The average Bonchev–Trinajstić information content (AvgIpc) is 2.27. The van der Waals surface area contributed by atoms with Crippen molar-refractivity contribution < 1.29 is 9.18 Å². The van der Waals surface area contributed by atoms with E-state index in [4.69, 9.17) is 0 Å². The SMILES string of the molecule is Cc1cc(C(=O)NCC(Br)CC(C)(C)C)ccc1F. The molecule has 1 aromatic carbocycles. The van der Waals surface area contributed by atoms with Gasteiger partial charge in [-0.25, -0.2) is 4.39 Å². The number of halogens is 2. The number of hydrogen-bond acceptors (Lipinski definition) is 1. The van der Waals surface area contributed by atoms with Gasteiger partial charge in [-0.15, -0.1) is 0 Å². The predicted octanol–water partition coefficient (Wildman–Crippen LogP) is 4.06. The Hall–Kier alpha value is -0.900. The van der Waals surface area contributed by atoms with E-state index in [1.807, 2.05) is 0 Å². The summed E-state index contributed by atoms with van der Waals surface area (Å²) in [5.41, 5.74) is 1.19. The summed E-state index contributed by atoms with van der Waals surface area (Å²) in [6.45, 7) is 8.69. The first-order valence-corrected chi connectivity index (χ1v) is 7.29. The number of hydrogen-bond donors (Lipinski definition) is 1. The molecule has 0 radical (unpaired) electrons. The lowest BCUT2D eigenvalue weighted by atomic mass is 9.90. The van der Waals surface area contributed by atoms with E-state index in [0.29, 0.717) is 17.7 Å². The maximum Gasteiger partial charge on any atom is 0.251 e. The van der Waals surface area contributed by atoms with Crippen LogP contribution in [0.3, 0.4) is 0 Å². The van der Waals surface area contributed by atoms with Crippen LogP contribution < -0.4 is 5.32 Å². The van der Waals surface area contributed by atoms with Gasteiger partial charge in [0, 0.05) is 16.9 Å². The van der Waals surface area contributed by atoms with Crippen LogP contribution in [-0.2, 0) is 0 Å². The second kappa shape index (κ2) is 6.51. The maximum atomic E-state index is 13.1. The fourth-order valence-electron chi connectivity index (χ4n) is 1.83. The molecular weight excluding hydrogens is 309 g/mol. The van der Waals surface area contributed by atoms with Gasteiger partial charge in [-0.2, -0.15) is 0 Å². The molecule has 0 aliphatic carbocycles. The van der Waals surface area contributed by atoms with Crippen molar-refractivity contribution in [2.45, 2.75) is 38.9 Å². The zero-order valence-corrected chi connectivity index (χ0v) is 13.5. The molecular formula is C15H21BrFNO. The number of carbonyl (C=O) groups is 1. The highest BCUT2D eigenvalue weighted by Gasteiger charge is 2.17. The van der Waals surface area contributed by atoms with Crippen LogP contribution in [0.1, 0.15) is 43.1 Å². The molecule has 2 nitrogen and oxygen atoms in total. The Morgan fingerprint density at radius 1 is 1.42 bits per heavy atom. The highest BCUT2D eigenvalue weighted by molar-refractivity contribution is 9.09. The van der Waals surface area contributed by atoms with Crippen LogP contribution in [0.4, 0.5) is 4.39 Å². The van der Waals surface area contributed by atoms with Crippen molar-refractivity contribution in [3.8, 4) is 0 Å². The molecule has 0 heterocycles. The molecule has 1 rings (SSSR count). The second-order valence-electron chi connectivity index (χ2n) is 6.04. The fraction of sp³-hybridized carbons (Fsp3) is 0.533. The molecule has 1 unspecified atom stereocenters. The Labute approximate surface area is 122 Å². The van der Waals surface area contributed by atoms with Crippen molar-refractivity contribution in [2.24, 2.45) is 5.41 Å². The Balaban J connectivity index is 2.53. The monoisotopic (exact) mass is 329 g/mol. The van der Waals surface area contributed by atoms with Crippen molar-refractivity contribution in [3.05, 3.63) is 35.1 Å². The predicted molar refractivity (Wildman–Crippen MR) is 80.3 cm³/mol. The van der Waals surface area contributed by atoms with E-state index in [9.17, 15) is 9.18 Å². The van der Waals surface area contributed by atoms with Crippen LogP contribution in [0.5, 0.6) is 0 Å². The first kappa shape index (κ1) is 16.2. The minimum Gasteiger partial charge on any atom is -0.351 e. The third-order valence-electron chi connectivity index (χ3n) is 2.74. The highest BCUT2D eigenvalue weighted by atomic mass is 79.9. The minimum atomic E-state index is -0.289. The molecule has 1 amide bonds. The summed E-state index contributed by atoms with van der Waals surface area (Å²) in [7, 11) is 0. The summed E-state index contributed by atoms with van der Waals surface area (Å²) in [6, 6.07) is 4.40. The lowest BCUT2D eigenvalue weighted by molar-refractivity contribution is 0.0952. The van der Waals surface area contributed by atoms with Gasteiger partial charge in [-0.1, -0.05) is 36.7 Å². The second-order valence-corrected chi connectivity index (χ2v) is 7.33. The molecule has 0 bridgehead atoms. The summed E-state index contributed by atoms with van der Waals surface area (Å²) in [4.78, 5) is 12.2. The number of rotatable bonds is 4. The molecule has 4 heteroatoms. The Kier molecular flexibility index (Phi) is 5.53. The van der Waals surface area contributed by atoms with E-state index in [-0.39, 0.29) is 22.0 Å². The fourth-order valence-corrected chi connectivity index (χ4v) is 2.96. The normalized spacial score (nSPS) is 13.2. The molecule has 106 valence electrons. The zero-order valence-electron chi connectivity index (χ0n) is 11.9. The molecule has 1 atom stereocenters. The molecule has 1 N–H and O–H groups in total. The van der Waals surface area contributed by atoms with Gasteiger partial charge in [0.15, 0.2) is 0 Å². The molecule has 19 heavy (non-hydrogen) atoms. The number of amides is 1.